The molecule has 212 valence electrons. The number of nitrogens with two attached hydrogens (primary N) is 1. The normalized spacial score (nSPS) is 11.2. The Balaban J connectivity index is 1.49. The first-order valence-corrected chi connectivity index (χ1v) is 14.9. The number of nitrogens with zero attached hydrogens (tertiary/aromatic N) is 2. The van der Waals surface area contributed by atoms with Gasteiger partial charge in [-0.25, -0.2) is 0 Å². The van der Waals surface area contributed by atoms with Gasteiger partial charge in [-0.05, 0) is 102 Å². The molecule has 0 aliphatic heterocycles. The topological polar surface area (TPSA) is 53.3 Å². The molecule has 5 heteroatoms. The number of rotatable bonds is 12. The van der Waals surface area contributed by atoms with Gasteiger partial charge in [0.2, 0.25) is 13.5 Å². The maximum atomic E-state index is 6.84. The van der Waals surface area contributed by atoms with Crippen LogP contribution in [0.4, 0.5) is 5.95 Å². The highest BCUT2D eigenvalue weighted by molar-refractivity contribution is 5.75. The number of anilines is 1. The maximum absolute atomic E-state index is 6.84. The summed E-state index contributed by atoms with van der Waals surface area (Å²) in [7, 11) is 0. The van der Waals surface area contributed by atoms with Gasteiger partial charge in [0.25, 0.3) is 0 Å². The molecular formula is C36H42N3O2+. The number of nitrogen functional groups attached to an aromatic ring is 1. The molecule has 5 nitrogen and oxygen atoms in total. The molecule has 0 amide bonds. The van der Waals surface area contributed by atoms with E-state index >= 15 is 0 Å². The Kier molecular flexibility index (Phi) is 8.93. The lowest BCUT2D eigenvalue weighted by Gasteiger charge is -2.10. The van der Waals surface area contributed by atoms with Crippen molar-refractivity contribution in [3.05, 3.63) is 118 Å². The van der Waals surface area contributed by atoms with E-state index in [2.05, 4.69) is 117 Å². The van der Waals surface area contributed by atoms with Crippen LogP contribution in [-0.2, 0) is 45.6 Å². The minimum absolute atomic E-state index is 0.311. The van der Waals surface area contributed by atoms with Crippen LogP contribution in [0.1, 0.15) is 61.1 Å². The lowest BCUT2D eigenvalue weighted by atomic mass is 10.0. The molecule has 0 atom stereocenters. The van der Waals surface area contributed by atoms with Crippen molar-refractivity contribution in [2.75, 3.05) is 5.73 Å². The zero-order valence-corrected chi connectivity index (χ0v) is 24.8. The van der Waals surface area contributed by atoms with Gasteiger partial charge in [0, 0.05) is 0 Å². The van der Waals surface area contributed by atoms with E-state index in [1.54, 1.807) is 0 Å². The van der Waals surface area contributed by atoms with E-state index in [1.807, 2.05) is 4.57 Å². The fourth-order valence-corrected chi connectivity index (χ4v) is 5.34. The Morgan fingerprint density at radius 1 is 0.610 bits per heavy atom. The summed E-state index contributed by atoms with van der Waals surface area (Å²) in [6.45, 7) is 9.32. The molecule has 0 unspecified atom stereocenters. The average Bonchev–Trinajstić information content (AvgIpc) is 3.28. The van der Waals surface area contributed by atoms with Crippen LogP contribution in [0.5, 0.6) is 11.5 Å². The molecule has 0 bridgehead atoms. The van der Waals surface area contributed by atoms with E-state index in [0.29, 0.717) is 19.4 Å². The third-order valence-corrected chi connectivity index (χ3v) is 7.83. The highest BCUT2D eigenvalue weighted by Crippen LogP contribution is 2.24. The number of ether oxygens (including phenoxy) is 2. The van der Waals surface area contributed by atoms with E-state index < -0.39 is 0 Å². The van der Waals surface area contributed by atoms with Gasteiger partial charge in [-0.2, -0.15) is 9.13 Å². The summed E-state index contributed by atoms with van der Waals surface area (Å²) in [4.78, 5) is 0. The monoisotopic (exact) mass is 548 g/mol. The van der Waals surface area contributed by atoms with Crippen molar-refractivity contribution in [3.63, 3.8) is 0 Å². The van der Waals surface area contributed by atoms with Crippen molar-refractivity contribution in [1.29, 1.82) is 0 Å². The summed E-state index contributed by atoms with van der Waals surface area (Å²) in [5.41, 5.74) is 16.5. The number of imidazole rings is 1. The van der Waals surface area contributed by atoms with Gasteiger partial charge in [0.05, 0.1) is 0 Å². The van der Waals surface area contributed by atoms with E-state index in [1.165, 1.54) is 33.4 Å². The van der Waals surface area contributed by atoms with Gasteiger partial charge < -0.3 is 9.47 Å². The van der Waals surface area contributed by atoms with Crippen molar-refractivity contribution < 1.29 is 14.0 Å². The Bertz CT molecular complexity index is 1580. The zero-order valence-electron chi connectivity index (χ0n) is 24.8. The molecule has 0 aliphatic rings. The first-order valence-electron chi connectivity index (χ1n) is 14.9. The van der Waals surface area contributed by atoms with Crippen molar-refractivity contribution >= 4 is 17.0 Å². The predicted molar refractivity (Wildman–Crippen MR) is 167 cm³/mol. The van der Waals surface area contributed by atoms with E-state index in [9.17, 15) is 0 Å². The lowest BCUT2D eigenvalue weighted by Crippen LogP contribution is -2.39. The van der Waals surface area contributed by atoms with Crippen LogP contribution in [0.2, 0.25) is 0 Å². The third-order valence-electron chi connectivity index (χ3n) is 7.83. The molecule has 0 aliphatic carbocycles. The van der Waals surface area contributed by atoms with Crippen LogP contribution in [-0.4, -0.2) is 4.57 Å². The van der Waals surface area contributed by atoms with Crippen LogP contribution in [0, 0.1) is 0 Å². The number of fused-ring (bicyclic) bond motifs is 1. The molecule has 2 N–H and O–H groups in total. The van der Waals surface area contributed by atoms with Crippen LogP contribution < -0.4 is 19.8 Å². The van der Waals surface area contributed by atoms with Gasteiger partial charge in [-0.15, -0.1) is 0 Å². The molecule has 1 heterocycles. The second kappa shape index (κ2) is 12.9. The van der Waals surface area contributed by atoms with Gasteiger partial charge in [-0.1, -0.05) is 76.2 Å². The summed E-state index contributed by atoms with van der Waals surface area (Å²) in [6, 6.07) is 30.1. The van der Waals surface area contributed by atoms with Crippen molar-refractivity contribution in [2.45, 2.75) is 73.3 Å². The summed E-state index contributed by atoms with van der Waals surface area (Å²) < 4.78 is 16.8. The molecule has 0 spiro atoms. The first-order chi connectivity index (χ1) is 20.0. The first kappa shape index (κ1) is 28.3. The molecule has 0 saturated carbocycles. The van der Waals surface area contributed by atoms with Crippen LogP contribution in [0.3, 0.4) is 0 Å². The SMILES string of the molecule is CCc1cc(CC)cc(OCn2c(N)[n+](COc3cc(CC)cc(CC)c3)c3ccc(Cc4ccccc4)cc32)c1. The molecule has 5 rings (SSSR count). The van der Waals surface area contributed by atoms with Crippen LogP contribution >= 0.6 is 0 Å². The Hall–Kier alpha value is -4.25. The fourth-order valence-electron chi connectivity index (χ4n) is 5.34. The van der Waals surface area contributed by atoms with Gasteiger partial charge in [0.15, 0.2) is 0 Å². The fraction of sp³-hybridized carbons (Fsp3) is 0.306. The largest absolute Gasteiger partial charge is 0.460 e. The summed E-state index contributed by atoms with van der Waals surface area (Å²) in [6.07, 6.45) is 4.73. The number of benzene rings is 4. The number of hydrogen-bond donors (Lipinski definition) is 1. The third kappa shape index (κ3) is 6.57. The Labute approximate surface area is 244 Å². The molecule has 0 radical (unpaired) electrons. The molecule has 1 aromatic heterocycles. The molecule has 5 aromatic rings. The summed E-state index contributed by atoms with van der Waals surface area (Å²) in [5.74, 6) is 2.34. The number of hydrogen-bond acceptors (Lipinski definition) is 3. The van der Waals surface area contributed by atoms with Gasteiger partial charge in [0.1, 0.15) is 22.5 Å². The number of aromatic nitrogens is 2. The molecule has 4 aromatic carbocycles. The average molecular weight is 549 g/mol. The minimum atomic E-state index is 0.311. The van der Waals surface area contributed by atoms with Crippen molar-refractivity contribution in [1.82, 2.24) is 4.57 Å². The van der Waals surface area contributed by atoms with Crippen LogP contribution in [0.25, 0.3) is 11.0 Å². The Morgan fingerprint density at radius 3 is 1.73 bits per heavy atom. The molecular weight excluding hydrogens is 506 g/mol. The predicted octanol–water partition coefficient (Wildman–Crippen LogP) is 7.42. The minimum Gasteiger partial charge on any atom is -0.460 e. The van der Waals surface area contributed by atoms with Crippen molar-refractivity contribution in [2.24, 2.45) is 0 Å². The second-order valence-electron chi connectivity index (χ2n) is 10.6. The zero-order chi connectivity index (χ0) is 28.8. The second-order valence-corrected chi connectivity index (χ2v) is 10.6. The number of aryl methyl sites for hydroxylation is 4. The smallest absolute Gasteiger partial charge is 0.361 e. The highest BCUT2D eigenvalue weighted by atomic mass is 16.5. The molecule has 0 fully saturated rings. The summed E-state index contributed by atoms with van der Waals surface area (Å²) >= 11 is 0. The van der Waals surface area contributed by atoms with Gasteiger partial charge in [-0.3, -0.25) is 5.73 Å². The van der Waals surface area contributed by atoms with Crippen molar-refractivity contribution in [3.8, 4) is 11.5 Å². The van der Waals surface area contributed by atoms with Crippen LogP contribution in [0.15, 0.2) is 84.9 Å². The van der Waals surface area contributed by atoms with E-state index in [-0.39, 0.29) is 0 Å². The lowest BCUT2D eigenvalue weighted by molar-refractivity contribution is -0.687. The summed E-state index contributed by atoms with van der Waals surface area (Å²) in [5, 5.41) is 0. The van der Waals surface area contributed by atoms with E-state index in [4.69, 9.17) is 15.2 Å². The quantitative estimate of drug-likeness (QED) is 0.165. The standard InChI is InChI=1S/C36H41N3O2/c1-5-26-16-27(6-2)20-32(19-26)40-24-38-34-15-14-31(18-30-12-10-9-11-13-30)23-35(34)39(36(38)37)25-41-33-21-28(7-3)17-29(8-4)22-33/h9-17,19-23,37H,5-8,18,24-25H2,1-4H3/p+1. The highest BCUT2D eigenvalue weighted by Gasteiger charge is 2.23. The van der Waals surface area contributed by atoms with Gasteiger partial charge >= 0.3 is 5.95 Å². The molecule has 0 saturated heterocycles. The maximum Gasteiger partial charge on any atom is 0.361 e. The Morgan fingerprint density at radius 2 is 1.17 bits per heavy atom. The molecule has 41 heavy (non-hydrogen) atoms. The van der Waals surface area contributed by atoms with E-state index in [0.717, 1.165) is 54.6 Å².